The van der Waals surface area contributed by atoms with E-state index in [1.165, 1.54) is 0 Å². The molecule has 132 valence electrons. The van der Waals surface area contributed by atoms with E-state index in [0.717, 1.165) is 41.1 Å². The van der Waals surface area contributed by atoms with Crippen LogP contribution in [0.3, 0.4) is 0 Å². The summed E-state index contributed by atoms with van der Waals surface area (Å²) in [4.78, 5) is 14.9. The second-order valence-corrected chi connectivity index (χ2v) is 7.97. The first-order valence-corrected chi connectivity index (χ1v) is 9.74. The van der Waals surface area contributed by atoms with Gasteiger partial charge < -0.3 is 14.5 Å². The second kappa shape index (κ2) is 7.11. The number of morpholine rings is 1. The number of aromatic nitrogens is 1. The molecule has 2 aromatic rings. The molecule has 5 nitrogen and oxygen atoms in total. The van der Waals surface area contributed by atoms with Crippen molar-refractivity contribution in [1.29, 1.82) is 0 Å². The molecule has 2 aliphatic heterocycles. The number of hydrogen-bond donors (Lipinski definition) is 0. The fraction of sp³-hybridized carbons (Fsp3) is 0.412. The summed E-state index contributed by atoms with van der Waals surface area (Å²) in [6.07, 6.45) is 2.14. The maximum absolute atomic E-state index is 6.35. The summed E-state index contributed by atoms with van der Waals surface area (Å²) in [5.74, 6) is 0.963. The summed E-state index contributed by atoms with van der Waals surface area (Å²) in [5, 5.41) is 2.19. The second-order valence-electron chi connectivity index (χ2n) is 6.18. The molecule has 3 heterocycles. The van der Waals surface area contributed by atoms with Gasteiger partial charge >= 0.3 is 0 Å². The van der Waals surface area contributed by atoms with Crippen molar-refractivity contribution in [1.82, 2.24) is 4.98 Å². The number of nitrogens with zero attached hydrogens (tertiary/aromatic N) is 4. The lowest BCUT2D eigenvalue weighted by Crippen LogP contribution is -2.41. The van der Waals surface area contributed by atoms with Gasteiger partial charge in [0.05, 0.1) is 27.6 Å². The Morgan fingerprint density at radius 1 is 1.36 bits per heavy atom. The van der Waals surface area contributed by atoms with Gasteiger partial charge in [-0.25, -0.2) is 4.98 Å². The summed E-state index contributed by atoms with van der Waals surface area (Å²) < 4.78 is 5.63. The summed E-state index contributed by atoms with van der Waals surface area (Å²) in [6.45, 7) is 5.76. The van der Waals surface area contributed by atoms with Crippen LogP contribution in [0.15, 0.2) is 23.2 Å². The highest BCUT2D eigenvalue weighted by atomic mass is 35.5. The Morgan fingerprint density at radius 3 is 3.08 bits per heavy atom. The van der Waals surface area contributed by atoms with Crippen molar-refractivity contribution < 1.29 is 4.74 Å². The Kier molecular flexibility index (Phi) is 4.86. The van der Waals surface area contributed by atoms with Crippen molar-refractivity contribution in [3.63, 3.8) is 0 Å². The third-order valence-electron chi connectivity index (χ3n) is 4.29. The van der Waals surface area contributed by atoms with Gasteiger partial charge in [0.2, 0.25) is 0 Å². The molecule has 0 aliphatic carbocycles. The Bertz CT molecular complexity index is 810. The van der Waals surface area contributed by atoms with Gasteiger partial charge in [-0.1, -0.05) is 46.7 Å². The molecule has 0 spiro atoms. The first-order chi connectivity index (χ1) is 12.1. The van der Waals surface area contributed by atoms with Crippen LogP contribution >= 0.6 is 34.5 Å². The predicted octanol–water partition coefficient (Wildman–Crippen LogP) is 4.07. The smallest absolute Gasteiger partial charge is 0.188 e. The van der Waals surface area contributed by atoms with Crippen molar-refractivity contribution in [3.8, 4) is 0 Å². The number of thiazole rings is 1. The van der Waals surface area contributed by atoms with E-state index in [4.69, 9.17) is 32.9 Å². The molecule has 4 rings (SSSR count). The minimum atomic E-state index is 0.227. The van der Waals surface area contributed by atoms with Gasteiger partial charge in [0, 0.05) is 25.8 Å². The van der Waals surface area contributed by atoms with Gasteiger partial charge in [0.15, 0.2) is 10.9 Å². The Morgan fingerprint density at radius 2 is 2.24 bits per heavy atom. The summed E-state index contributed by atoms with van der Waals surface area (Å²) in [5.41, 5.74) is 0.978. The monoisotopic (exact) mass is 396 g/mol. The first-order valence-electron chi connectivity index (χ1n) is 8.17. The molecule has 0 radical (unpaired) electrons. The van der Waals surface area contributed by atoms with E-state index in [1.807, 2.05) is 18.3 Å². The first kappa shape index (κ1) is 17.1. The van der Waals surface area contributed by atoms with Crippen LogP contribution in [0.5, 0.6) is 0 Å². The molecule has 8 heteroatoms. The minimum absolute atomic E-state index is 0.227. The Hall–Kier alpha value is -1.34. The van der Waals surface area contributed by atoms with Crippen LogP contribution < -0.4 is 9.80 Å². The number of halogens is 2. The molecule has 0 N–H and O–H groups in total. The van der Waals surface area contributed by atoms with E-state index in [1.54, 1.807) is 17.4 Å². The molecule has 1 aromatic heterocycles. The van der Waals surface area contributed by atoms with Gasteiger partial charge in [0.25, 0.3) is 0 Å². The highest BCUT2D eigenvalue weighted by molar-refractivity contribution is 7.17. The normalized spacial score (nSPS) is 20.0. The zero-order valence-corrected chi connectivity index (χ0v) is 16.1. The van der Waals surface area contributed by atoms with E-state index in [-0.39, 0.29) is 6.10 Å². The zero-order valence-electron chi connectivity index (χ0n) is 13.8. The molecular formula is C17H18Cl2N4OS. The van der Waals surface area contributed by atoms with Gasteiger partial charge in [-0.2, -0.15) is 0 Å². The van der Waals surface area contributed by atoms with Gasteiger partial charge in [-0.05, 0) is 18.6 Å². The molecule has 1 aromatic carbocycles. The van der Waals surface area contributed by atoms with Crippen molar-refractivity contribution in [3.05, 3.63) is 38.7 Å². The number of hydrogen-bond acceptors (Lipinski definition) is 6. The van der Waals surface area contributed by atoms with Crippen molar-refractivity contribution in [2.75, 3.05) is 36.2 Å². The molecular weight excluding hydrogens is 379 g/mol. The quantitative estimate of drug-likeness (QED) is 0.783. The molecule has 0 amide bonds. The van der Waals surface area contributed by atoms with Crippen LogP contribution in [0.1, 0.15) is 17.4 Å². The lowest BCUT2D eigenvalue weighted by molar-refractivity contribution is 0.0532. The van der Waals surface area contributed by atoms with Crippen LogP contribution in [-0.2, 0) is 11.3 Å². The van der Waals surface area contributed by atoms with E-state index in [0.29, 0.717) is 23.3 Å². The SMILES string of the molecule is CC1CN(c2nc3c(s2)C=NCN3Cc2cccc(Cl)c2Cl)CCO1. The predicted molar refractivity (Wildman–Crippen MR) is 105 cm³/mol. The van der Waals surface area contributed by atoms with Gasteiger partial charge in [0.1, 0.15) is 6.67 Å². The highest BCUT2D eigenvalue weighted by Gasteiger charge is 2.25. The Balaban J connectivity index is 1.59. The molecule has 25 heavy (non-hydrogen) atoms. The van der Waals surface area contributed by atoms with Crippen LogP contribution in [-0.4, -0.2) is 43.7 Å². The average Bonchev–Trinajstić information content (AvgIpc) is 3.04. The molecule has 0 saturated carbocycles. The van der Waals surface area contributed by atoms with E-state index >= 15 is 0 Å². The summed E-state index contributed by atoms with van der Waals surface area (Å²) >= 11 is 14.2. The number of rotatable bonds is 3. The van der Waals surface area contributed by atoms with Gasteiger partial charge in [-0.15, -0.1) is 0 Å². The number of anilines is 2. The molecule has 2 aliphatic rings. The largest absolute Gasteiger partial charge is 0.375 e. The minimum Gasteiger partial charge on any atom is -0.375 e. The molecule has 1 saturated heterocycles. The standard InChI is InChI=1S/C17H18Cl2N4OS/c1-11-8-22(5-6-24-11)17-21-16-14(25-17)7-20-10-23(16)9-12-3-2-4-13(18)15(12)19/h2-4,7,11H,5-6,8-10H2,1H3. The van der Waals surface area contributed by atoms with Crippen LogP contribution in [0.25, 0.3) is 0 Å². The van der Waals surface area contributed by atoms with E-state index in [9.17, 15) is 0 Å². The molecule has 1 atom stereocenters. The highest BCUT2D eigenvalue weighted by Crippen LogP contribution is 2.35. The van der Waals surface area contributed by atoms with Crippen molar-refractivity contribution in [2.24, 2.45) is 4.99 Å². The lowest BCUT2D eigenvalue weighted by atomic mass is 10.2. The van der Waals surface area contributed by atoms with Crippen LogP contribution in [0.2, 0.25) is 10.0 Å². The third-order valence-corrected chi connectivity index (χ3v) is 6.19. The maximum Gasteiger partial charge on any atom is 0.188 e. The molecule has 1 unspecified atom stereocenters. The number of benzene rings is 1. The van der Waals surface area contributed by atoms with Gasteiger partial charge in [-0.3, -0.25) is 4.99 Å². The van der Waals surface area contributed by atoms with Crippen molar-refractivity contribution in [2.45, 2.75) is 19.6 Å². The number of aliphatic imine (C=N–C) groups is 1. The van der Waals surface area contributed by atoms with Crippen LogP contribution in [0, 0.1) is 0 Å². The van der Waals surface area contributed by atoms with E-state index < -0.39 is 0 Å². The number of ether oxygens (including phenoxy) is 1. The molecule has 1 fully saturated rings. The fourth-order valence-corrected chi connectivity index (χ4v) is 4.44. The maximum atomic E-state index is 6.35. The molecule has 0 bridgehead atoms. The fourth-order valence-electron chi connectivity index (χ4n) is 3.04. The Labute approximate surface area is 160 Å². The summed E-state index contributed by atoms with van der Waals surface area (Å²) in [6, 6.07) is 5.70. The third kappa shape index (κ3) is 3.49. The van der Waals surface area contributed by atoms with E-state index in [2.05, 4.69) is 21.7 Å². The lowest BCUT2D eigenvalue weighted by Gasteiger charge is -2.30. The summed E-state index contributed by atoms with van der Waals surface area (Å²) in [7, 11) is 0. The zero-order chi connectivity index (χ0) is 17.4. The average molecular weight is 397 g/mol. The number of fused-ring (bicyclic) bond motifs is 1. The van der Waals surface area contributed by atoms with Crippen LogP contribution in [0.4, 0.5) is 10.9 Å². The topological polar surface area (TPSA) is 41.0 Å². The van der Waals surface area contributed by atoms with Crippen molar-refractivity contribution >= 4 is 51.7 Å².